The van der Waals surface area contributed by atoms with Crippen LogP contribution in [0.3, 0.4) is 0 Å². The fraction of sp³-hybridized carbons (Fsp3) is 0.357. The Morgan fingerprint density at radius 2 is 2.26 bits per heavy atom. The number of thiazole rings is 1. The van der Waals surface area contributed by atoms with Gasteiger partial charge in [-0.3, -0.25) is 0 Å². The maximum atomic E-state index is 13.1. The summed E-state index contributed by atoms with van der Waals surface area (Å²) < 4.78 is 18.7. The zero-order valence-corrected chi connectivity index (χ0v) is 12.2. The largest absolute Gasteiger partial charge is 0.494 e. The van der Waals surface area contributed by atoms with Gasteiger partial charge in [0.2, 0.25) is 0 Å². The highest BCUT2D eigenvalue weighted by Crippen LogP contribution is 2.17. The number of aryl methyl sites for hydroxylation is 2. The smallest absolute Gasteiger partial charge is 0.126 e. The summed E-state index contributed by atoms with van der Waals surface area (Å²) in [5.74, 6) is 0.963. The quantitative estimate of drug-likeness (QED) is 0.585. The molecule has 0 amide bonds. The van der Waals surface area contributed by atoms with Gasteiger partial charge in [-0.25, -0.2) is 9.37 Å². The molecule has 102 valence electrons. The summed E-state index contributed by atoms with van der Waals surface area (Å²) in [4.78, 5) is 4.38. The van der Waals surface area contributed by atoms with Gasteiger partial charge in [-0.05, 0) is 37.1 Å². The van der Waals surface area contributed by atoms with Crippen molar-refractivity contribution in [2.75, 3.05) is 6.61 Å². The molecule has 0 spiro atoms. The van der Waals surface area contributed by atoms with E-state index >= 15 is 0 Å². The minimum Gasteiger partial charge on any atom is -0.494 e. The molecule has 0 fully saturated rings. The molecule has 2 nitrogen and oxygen atoms in total. The molecule has 0 unspecified atom stereocenters. The Morgan fingerprint density at radius 3 is 2.95 bits per heavy atom. The van der Waals surface area contributed by atoms with Crippen LogP contribution in [0.4, 0.5) is 4.39 Å². The molecule has 5 heteroatoms. The molecule has 0 atom stereocenters. The second kappa shape index (κ2) is 6.87. The molecule has 0 aliphatic carbocycles. The molecule has 0 aliphatic heterocycles. The van der Waals surface area contributed by atoms with Crippen molar-refractivity contribution in [3.63, 3.8) is 0 Å². The van der Waals surface area contributed by atoms with E-state index in [0.717, 1.165) is 23.5 Å². The summed E-state index contributed by atoms with van der Waals surface area (Å²) in [5.41, 5.74) is 1.53. The van der Waals surface area contributed by atoms with Gasteiger partial charge in [-0.1, -0.05) is 0 Å². The van der Waals surface area contributed by atoms with E-state index in [9.17, 15) is 4.39 Å². The van der Waals surface area contributed by atoms with Crippen LogP contribution in [-0.2, 0) is 12.3 Å². The predicted octanol–water partition coefficient (Wildman–Crippen LogP) is 4.34. The SMILES string of the molecule is Cc1cc(OCCCc2nc(CCl)cs2)ccc1F. The highest BCUT2D eigenvalue weighted by molar-refractivity contribution is 7.09. The summed E-state index contributed by atoms with van der Waals surface area (Å²) in [6.45, 7) is 2.33. The van der Waals surface area contributed by atoms with Crippen molar-refractivity contribution in [1.82, 2.24) is 4.98 Å². The minimum absolute atomic E-state index is 0.205. The van der Waals surface area contributed by atoms with Crippen LogP contribution in [0.1, 0.15) is 22.7 Å². The fourth-order valence-corrected chi connectivity index (χ4v) is 2.71. The van der Waals surface area contributed by atoms with E-state index in [-0.39, 0.29) is 5.82 Å². The molecule has 19 heavy (non-hydrogen) atoms. The standard InChI is InChI=1S/C14H15ClFNOS/c1-10-7-12(4-5-13(10)16)18-6-2-3-14-17-11(8-15)9-19-14/h4-5,7,9H,2-3,6,8H2,1H3. The van der Waals surface area contributed by atoms with Crippen molar-refractivity contribution < 1.29 is 9.13 Å². The van der Waals surface area contributed by atoms with Crippen LogP contribution in [0.5, 0.6) is 5.75 Å². The summed E-state index contributed by atoms with van der Waals surface area (Å²) in [6, 6.07) is 4.79. The number of nitrogens with zero attached hydrogens (tertiary/aromatic N) is 1. The molecule has 0 saturated heterocycles. The third-order valence-corrected chi connectivity index (χ3v) is 3.90. The molecular weight excluding hydrogens is 285 g/mol. The van der Waals surface area contributed by atoms with Gasteiger partial charge in [0, 0.05) is 11.8 Å². The highest BCUT2D eigenvalue weighted by atomic mass is 35.5. The van der Waals surface area contributed by atoms with Crippen LogP contribution >= 0.6 is 22.9 Å². The lowest BCUT2D eigenvalue weighted by Gasteiger charge is -2.06. The molecule has 0 aliphatic rings. The summed E-state index contributed by atoms with van der Waals surface area (Å²) in [5, 5.41) is 3.06. The Hall–Kier alpha value is -1.13. The van der Waals surface area contributed by atoms with Crippen molar-refractivity contribution in [2.45, 2.75) is 25.6 Å². The Labute approximate surface area is 121 Å². The van der Waals surface area contributed by atoms with Gasteiger partial charge in [0.05, 0.1) is 23.2 Å². The normalized spacial score (nSPS) is 10.7. The van der Waals surface area contributed by atoms with E-state index in [1.54, 1.807) is 30.4 Å². The molecule has 0 saturated carbocycles. The number of alkyl halides is 1. The molecule has 1 aromatic heterocycles. The van der Waals surface area contributed by atoms with Gasteiger partial charge in [-0.2, -0.15) is 0 Å². The van der Waals surface area contributed by atoms with E-state index in [4.69, 9.17) is 16.3 Å². The summed E-state index contributed by atoms with van der Waals surface area (Å²) in [6.07, 6.45) is 1.76. The van der Waals surface area contributed by atoms with Crippen molar-refractivity contribution in [2.24, 2.45) is 0 Å². The Balaban J connectivity index is 1.75. The number of halogens is 2. The van der Waals surface area contributed by atoms with Gasteiger partial charge < -0.3 is 4.74 Å². The predicted molar refractivity (Wildman–Crippen MR) is 76.6 cm³/mol. The van der Waals surface area contributed by atoms with E-state index < -0.39 is 0 Å². The monoisotopic (exact) mass is 299 g/mol. The first-order chi connectivity index (χ1) is 9.19. The molecule has 1 heterocycles. The van der Waals surface area contributed by atoms with Crippen LogP contribution < -0.4 is 4.74 Å². The first-order valence-electron chi connectivity index (χ1n) is 6.07. The van der Waals surface area contributed by atoms with E-state index in [1.807, 2.05) is 5.38 Å². The zero-order chi connectivity index (χ0) is 13.7. The molecule has 0 bridgehead atoms. The Bertz CT molecular complexity index is 544. The van der Waals surface area contributed by atoms with Gasteiger partial charge >= 0.3 is 0 Å². The van der Waals surface area contributed by atoms with Crippen LogP contribution in [0, 0.1) is 12.7 Å². The van der Waals surface area contributed by atoms with E-state index in [1.165, 1.54) is 6.07 Å². The van der Waals surface area contributed by atoms with Crippen molar-refractivity contribution in [1.29, 1.82) is 0 Å². The lowest BCUT2D eigenvalue weighted by atomic mass is 10.2. The molecule has 2 aromatic rings. The first-order valence-corrected chi connectivity index (χ1v) is 7.48. The molecule has 1 aromatic carbocycles. The highest BCUT2D eigenvalue weighted by Gasteiger charge is 2.02. The first kappa shape index (κ1) is 14.3. The van der Waals surface area contributed by atoms with Gasteiger partial charge in [-0.15, -0.1) is 22.9 Å². The van der Waals surface area contributed by atoms with Crippen LogP contribution in [-0.4, -0.2) is 11.6 Å². The molecule has 0 radical (unpaired) electrons. The molecule has 0 N–H and O–H groups in total. The van der Waals surface area contributed by atoms with E-state index in [0.29, 0.717) is 23.8 Å². The zero-order valence-electron chi connectivity index (χ0n) is 10.7. The molecular formula is C14H15ClFNOS. The number of hydrogen-bond donors (Lipinski definition) is 0. The third kappa shape index (κ3) is 4.18. The average molecular weight is 300 g/mol. The third-order valence-electron chi connectivity index (χ3n) is 2.67. The van der Waals surface area contributed by atoms with E-state index in [2.05, 4.69) is 4.98 Å². The maximum Gasteiger partial charge on any atom is 0.126 e. The van der Waals surface area contributed by atoms with Crippen LogP contribution in [0.2, 0.25) is 0 Å². The lowest BCUT2D eigenvalue weighted by Crippen LogP contribution is -2.00. The van der Waals surface area contributed by atoms with Crippen LogP contribution in [0.15, 0.2) is 23.6 Å². The topological polar surface area (TPSA) is 22.1 Å². The number of hydrogen-bond acceptors (Lipinski definition) is 3. The van der Waals surface area contributed by atoms with Gasteiger partial charge in [0.15, 0.2) is 0 Å². The number of aromatic nitrogens is 1. The Kier molecular flexibility index (Phi) is 5.16. The van der Waals surface area contributed by atoms with Crippen molar-refractivity contribution in [3.8, 4) is 5.75 Å². The van der Waals surface area contributed by atoms with Crippen LogP contribution in [0.25, 0.3) is 0 Å². The maximum absolute atomic E-state index is 13.1. The molecule has 2 rings (SSSR count). The fourth-order valence-electron chi connectivity index (χ4n) is 1.65. The van der Waals surface area contributed by atoms with Gasteiger partial charge in [0.1, 0.15) is 11.6 Å². The number of benzene rings is 1. The Morgan fingerprint density at radius 1 is 1.42 bits per heavy atom. The lowest BCUT2D eigenvalue weighted by molar-refractivity contribution is 0.310. The van der Waals surface area contributed by atoms with Crippen molar-refractivity contribution in [3.05, 3.63) is 45.7 Å². The van der Waals surface area contributed by atoms with Gasteiger partial charge in [0.25, 0.3) is 0 Å². The second-order valence-corrected chi connectivity index (χ2v) is 5.44. The second-order valence-electron chi connectivity index (χ2n) is 4.23. The average Bonchev–Trinajstić information content (AvgIpc) is 2.87. The number of rotatable bonds is 6. The summed E-state index contributed by atoms with van der Waals surface area (Å²) in [7, 11) is 0. The van der Waals surface area contributed by atoms with Crippen molar-refractivity contribution >= 4 is 22.9 Å². The number of ether oxygens (including phenoxy) is 1. The summed E-state index contributed by atoms with van der Waals surface area (Å²) >= 11 is 7.32. The minimum atomic E-state index is -0.205.